The number of hydrogen-bond donors (Lipinski definition) is 2. The van der Waals surface area contributed by atoms with Crippen molar-refractivity contribution in [3.8, 4) is 11.5 Å². The summed E-state index contributed by atoms with van der Waals surface area (Å²) in [6.07, 6.45) is 9.33. The summed E-state index contributed by atoms with van der Waals surface area (Å²) in [5.41, 5.74) is -0.354. The zero-order chi connectivity index (χ0) is 33.0. The normalized spacial score (nSPS) is 28.4. The molecule has 2 N–H and O–H groups in total. The van der Waals surface area contributed by atoms with Gasteiger partial charge in [-0.05, 0) is 120 Å². The number of hydrogen-bond acceptors (Lipinski definition) is 6. The quantitative estimate of drug-likeness (QED) is 0.101. The van der Waals surface area contributed by atoms with E-state index >= 15 is 4.79 Å². The highest BCUT2D eigenvalue weighted by atomic mass is 16.5. The molecule has 3 aliphatic rings. The van der Waals surface area contributed by atoms with E-state index in [9.17, 15) is 19.8 Å². The molecule has 0 unspecified atom stereocenters. The van der Waals surface area contributed by atoms with Crippen LogP contribution < -0.4 is 0 Å². The number of aromatic hydroxyl groups is 2. The van der Waals surface area contributed by atoms with Crippen molar-refractivity contribution in [2.24, 2.45) is 33.5 Å². The van der Waals surface area contributed by atoms with Crippen LogP contribution in [-0.2, 0) is 14.3 Å². The molecule has 1 saturated carbocycles. The van der Waals surface area contributed by atoms with Crippen molar-refractivity contribution in [2.75, 3.05) is 0 Å². The summed E-state index contributed by atoms with van der Waals surface area (Å²) >= 11 is 0. The van der Waals surface area contributed by atoms with Gasteiger partial charge >= 0.3 is 5.97 Å². The van der Waals surface area contributed by atoms with Gasteiger partial charge in [-0.3, -0.25) is 14.4 Å². The fraction of sp³-hybridized carbons (Fsp3) is 0.553. The van der Waals surface area contributed by atoms with Crippen LogP contribution in [0.15, 0.2) is 64.5 Å². The van der Waals surface area contributed by atoms with Crippen molar-refractivity contribution in [2.45, 2.75) is 101 Å². The average molecular weight is 603 g/mol. The Morgan fingerprint density at radius 3 is 1.93 bits per heavy atom. The van der Waals surface area contributed by atoms with E-state index in [0.717, 1.165) is 29.2 Å². The molecule has 238 valence electrons. The minimum atomic E-state index is -2.12. The molecule has 1 aromatic carbocycles. The molecule has 0 aromatic heterocycles. The monoisotopic (exact) mass is 602 g/mol. The predicted molar refractivity (Wildman–Crippen MR) is 173 cm³/mol. The van der Waals surface area contributed by atoms with Gasteiger partial charge in [0, 0.05) is 5.56 Å². The van der Waals surface area contributed by atoms with Crippen molar-refractivity contribution in [1.29, 1.82) is 0 Å². The largest absolute Gasteiger partial charge is 0.504 e. The second-order valence-electron chi connectivity index (χ2n) is 15.2. The molecule has 1 heterocycles. The Labute approximate surface area is 263 Å². The number of Topliss-reactive ketones (excluding diaryl/α,β-unsaturated/α-hetero) is 2. The Bertz CT molecular complexity index is 1500. The lowest BCUT2D eigenvalue weighted by Crippen LogP contribution is -2.71. The summed E-state index contributed by atoms with van der Waals surface area (Å²) in [5.74, 6) is -2.48. The number of carbonyl (C=O) groups is 3. The number of benzene rings is 1. The molecule has 6 nitrogen and oxygen atoms in total. The van der Waals surface area contributed by atoms with Crippen molar-refractivity contribution in [3.63, 3.8) is 0 Å². The molecule has 1 spiro atoms. The van der Waals surface area contributed by atoms with E-state index in [1.807, 2.05) is 41.5 Å². The van der Waals surface area contributed by atoms with Crippen LogP contribution in [0, 0.1) is 33.5 Å². The highest BCUT2D eigenvalue weighted by Crippen LogP contribution is 2.69. The van der Waals surface area contributed by atoms with Crippen LogP contribution >= 0.6 is 0 Å². The first-order valence-corrected chi connectivity index (χ1v) is 15.8. The van der Waals surface area contributed by atoms with Crippen LogP contribution in [0.5, 0.6) is 11.5 Å². The third-order valence-corrected chi connectivity index (χ3v) is 10.9. The van der Waals surface area contributed by atoms with Gasteiger partial charge in [0.25, 0.3) is 0 Å². The van der Waals surface area contributed by atoms with Crippen LogP contribution in [0.3, 0.4) is 0 Å². The Kier molecular flexibility index (Phi) is 8.75. The number of ether oxygens (including phenoxy) is 1. The van der Waals surface area contributed by atoms with E-state index in [0.29, 0.717) is 31.4 Å². The van der Waals surface area contributed by atoms with E-state index in [4.69, 9.17) is 4.74 Å². The molecule has 1 saturated heterocycles. The molecule has 0 radical (unpaired) electrons. The fourth-order valence-corrected chi connectivity index (χ4v) is 7.92. The van der Waals surface area contributed by atoms with Crippen molar-refractivity contribution < 1.29 is 29.3 Å². The number of allylic oxidation sites excluding steroid dienone is 8. The lowest BCUT2D eigenvalue weighted by Gasteiger charge is -2.62. The molecular formula is C38H50O6. The third kappa shape index (κ3) is 5.08. The van der Waals surface area contributed by atoms with Gasteiger partial charge in [-0.2, -0.15) is 0 Å². The van der Waals surface area contributed by atoms with Crippen LogP contribution in [0.1, 0.15) is 112 Å². The first-order valence-electron chi connectivity index (χ1n) is 15.8. The maximum Gasteiger partial charge on any atom is 0.333 e. The SMILES string of the molecule is CC(C)=CCC1=C2OC(=O)[C@]3(C(=O)c4ccc(O)c(O)c4)C(=O)[C@@]2(C[C@H](CC=C(C)C)C1(C)C)C[C@@H](CC=C(C)C)C3(C)C. The van der Waals surface area contributed by atoms with E-state index in [1.54, 1.807) is 0 Å². The fourth-order valence-electron chi connectivity index (χ4n) is 7.92. The van der Waals surface area contributed by atoms with Gasteiger partial charge in [0.1, 0.15) is 5.76 Å². The molecule has 6 heteroatoms. The number of esters is 1. The molecule has 2 fully saturated rings. The van der Waals surface area contributed by atoms with Crippen molar-refractivity contribution in [3.05, 3.63) is 70.0 Å². The highest BCUT2D eigenvalue weighted by molar-refractivity contribution is 6.31. The second-order valence-corrected chi connectivity index (χ2v) is 15.2. The molecule has 2 aliphatic carbocycles. The summed E-state index contributed by atoms with van der Waals surface area (Å²) in [5, 5.41) is 20.3. The highest BCUT2D eigenvalue weighted by Gasteiger charge is 2.77. The molecule has 44 heavy (non-hydrogen) atoms. The van der Waals surface area contributed by atoms with E-state index in [2.05, 4.69) is 45.9 Å². The first kappa shape index (κ1) is 33.5. The summed E-state index contributed by atoms with van der Waals surface area (Å²) in [7, 11) is 0. The molecule has 4 atom stereocenters. The van der Waals surface area contributed by atoms with E-state index in [1.165, 1.54) is 17.7 Å². The van der Waals surface area contributed by atoms with Gasteiger partial charge in [-0.25, -0.2) is 0 Å². The number of fused-ring (bicyclic) bond motifs is 1. The number of phenols is 2. The van der Waals surface area contributed by atoms with E-state index in [-0.39, 0.29) is 34.3 Å². The van der Waals surface area contributed by atoms with Gasteiger partial charge in [0.2, 0.25) is 0 Å². The van der Waals surface area contributed by atoms with Crippen molar-refractivity contribution in [1.82, 2.24) is 0 Å². The zero-order valence-electron chi connectivity index (χ0n) is 28.2. The van der Waals surface area contributed by atoms with Gasteiger partial charge in [-0.1, -0.05) is 62.6 Å². The van der Waals surface area contributed by atoms with Gasteiger partial charge in [0.15, 0.2) is 28.5 Å². The summed E-state index contributed by atoms with van der Waals surface area (Å²) in [4.78, 5) is 44.8. The maximum atomic E-state index is 15.4. The smallest absolute Gasteiger partial charge is 0.333 e. The molecular weight excluding hydrogens is 552 g/mol. The molecule has 0 amide bonds. The topological polar surface area (TPSA) is 101 Å². The first-order chi connectivity index (χ1) is 20.3. The van der Waals surface area contributed by atoms with Crippen LogP contribution in [-0.4, -0.2) is 27.7 Å². The van der Waals surface area contributed by atoms with Crippen molar-refractivity contribution >= 4 is 17.5 Å². The maximum absolute atomic E-state index is 15.4. The van der Waals surface area contributed by atoms with E-state index < -0.39 is 33.7 Å². The molecule has 2 bridgehead atoms. The lowest BCUT2D eigenvalue weighted by molar-refractivity contribution is -0.192. The zero-order valence-corrected chi connectivity index (χ0v) is 28.2. The Morgan fingerprint density at radius 2 is 1.39 bits per heavy atom. The number of rotatable bonds is 8. The minimum Gasteiger partial charge on any atom is -0.504 e. The Morgan fingerprint density at radius 1 is 0.841 bits per heavy atom. The summed E-state index contributed by atoms with van der Waals surface area (Å²) in [6.45, 7) is 20.3. The van der Waals surface area contributed by atoms with Crippen LogP contribution in [0.4, 0.5) is 0 Å². The average Bonchev–Trinajstić information content (AvgIpc) is 2.91. The molecule has 4 rings (SSSR count). The van der Waals surface area contributed by atoms with Gasteiger partial charge < -0.3 is 14.9 Å². The Hall–Kier alpha value is -3.41. The predicted octanol–water partition coefficient (Wildman–Crippen LogP) is 8.79. The van der Waals surface area contributed by atoms with Gasteiger partial charge in [-0.15, -0.1) is 0 Å². The van der Waals surface area contributed by atoms with Gasteiger partial charge in [0.05, 0.1) is 5.41 Å². The van der Waals surface area contributed by atoms with Crippen LogP contribution in [0.2, 0.25) is 0 Å². The summed E-state index contributed by atoms with van der Waals surface area (Å²) in [6, 6.07) is 3.72. The second kappa shape index (κ2) is 11.5. The summed E-state index contributed by atoms with van der Waals surface area (Å²) < 4.78 is 6.41. The molecule has 1 aromatic rings. The molecule has 1 aliphatic heterocycles. The minimum absolute atomic E-state index is 0.00823. The lowest BCUT2D eigenvalue weighted by atomic mass is 9.39. The Balaban J connectivity index is 2.08. The number of ketones is 2. The third-order valence-electron chi connectivity index (χ3n) is 10.9. The number of phenolic OH excluding ortho intramolecular Hbond substituents is 2. The standard InChI is InChI=1S/C38H50O6/c1-22(2)11-15-26-20-37-21-27(16-12-23(3)4)36(9,10)38(33(37)42,31(41)25-14-18-29(39)30(40)19-25)34(43)44-32(37)28(35(26,7)8)17-13-24(5)6/h11-14,18-19,26-27,39-40H,15-17,20-21H2,1-10H3/t26-,27+,37-,38-/m0/s1. The number of carbonyl (C=O) groups excluding carboxylic acids is 3. The van der Waals surface area contributed by atoms with Crippen LogP contribution in [0.25, 0.3) is 0 Å².